The minimum Gasteiger partial charge on any atom is -0.480 e. The summed E-state index contributed by atoms with van der Waals surface area (Å²) in [7, 11) is 0. The summed E-state index contributed by atoms with van der Waals surface area (Å²) in [5.41, 5.74) is 5.27. The number of nitrogens with zero attached hydrogens (tertiary/aromatic N) is 1. The second kappa shape index (κ2) is 4.05. The zero-order valence-corrected chi connectivity index (χ0v) is 9.32. The Morgan fingerprint density at radius 2 is 1.88 bits per heavy atom. The van der Waals surface area contributed by atoms with Crippen molar-refractivity contribution >= 4 is 11.9 Å². The van der Waals surface area contributed by atoms with Crippen LogP contribution in [0, 0.1) is 0 Å². The predicted octanol–water partition coefficient (Wildman–Crippen LogP) is 0.333. The van der Waals surface area contributed by atoms with Gasteiger partial charge in [0.05, 0.1) is 5.54 Å². The first-order valence-corrected chi connectivity index (χ1v) is 5.87. The average molecular weight is 226 g/mol. The Balaban J connectivity index is 2.12. The maximum Gasteiger partial charge on any atom is 0.326 e. The zero-order valence-electron chi connectivity index (χ0n) is 9.32. The van der Waals surface area contributed by atoms with Gasteiger partial charge in [0.15, 0.2) is 0 Å². The Morgan fingerprint density at radius 1 is 1.25 bits per heavy atom. The molecule has 0 bridgehead atoms. The third-order valence-electron chi connectivity index (χ3n) is 3.72. The summed E-state index contributed by atoms with van der Waals surface area (Å²) in [4.78, 5) is 24.7. The molecule has 0 aromatic carbocycles. The number of carboxylic acids is 1. The van der Waals surface area contributed by atoms with Crippen molar-refractivity contribution in [3.05, 3.63) is 0 Å². The van der Waals surface area contributed by atoms with Gasteiger partial charge in [-0.3, -0.25) is 4.79 Å². The molecule has 1 aliphatic heterocycles. The van der Waals surface area contributed by atoms with E-state index >= 15 is 0 Å². The van der Waals surface area contributed by atoms with Crippen molar-refractivity contribution in [2.75, 3.05) is 6.54 Å². The highest BCUT2D eigenvalue weighted by molar-refractivity contribution is 5.90. The fraction of sp³-hybridized carbons (Fsp3) is 0.818. The van der Waals surface area contributed by atoms with Crippen LogP contribution in [-0.4, -0.2) is 40.0 Å². The molecule has 0 radical (unpaired) electrons. The highest BCUT2D eigenvalue weighted by atomic mass is 16.4. The highest BCUT2D eigenvalue weighted by Crippen LogP contribution is 2.31. The molecule has 90 valence electrons. The molecule has 1 heterocycles. The molecule has 2 rings (SSSR count). The van der Waals surface area contributed by atoms with Crippen molar-refractivity contribution in [2.45, 2.75) is 50.1 Å². The van der Waals surface area contributed by atoms with Crippen LogP contribution in [0.15, 0.2) is 0 Å². The number of amides is 1. The van der Waals surface area contributed by atoms with Crippen LogP contribution in [0.25, 0.3) is 0 Å². The molecule has 1 saturated carbocycles. The quantitative estimate of drug-likeness (QED) is 0.711. The first-order valence-electron chi connectivity index (χ1n) is 5.87. The van der Waals surface area contributed by atoms with Gasteiger partial charge in [-0.2, -0.15) is 0 Å². The molecule has 0 unspecified atom stereocenters. The fourth-order valence-electron chi connectivity index (χ4n) is 2.77. The summed E-state index contributed by atoms with van der Waals surface area (Å²) in [5.74, 6) is -1.07. The summed E-state index contributed by atoms with van der Waals surface area (Å²) in [6.07, 6.45) is 4.63. The van der Waals surface area contributed by atoms with E-state index in [1.54, 1.807) is 0 Å². The molecule has 2 aliphatic rings. The smallest absolute Gasteiger partial charge is 0.326 e. The number of carbonyl (C=O) groups excluding carboxylic acids is 1. The van der Waals surface area contributed by atoms with E-state index in [1.807, 2.05) is 0 Å². The van der Waals surface area contributed by atoms with E-state index in [1.165, 1.54) is 4.90 Å². The van der Waals surface area contributed by atoms with Gasteiger partial charge in [0.25, 0.3) is 0 Å². The molecular weight excluding hydrogens is 208 g/mol. The van der Waals surface area contributed by atoms with Crippen molar-refractivity contribution in [2.24, 2.45) is 5.73 Å². The van der Waals surface area contributed by atoms with Gasteiger partial charge >= 0.3 is 5.97 Å². The normalized spacial score (nSPS) is 28.3. The summed E-state index contributed by atoms with van der Waals surface area (Å²) >= 11 is 0. The molecule has 16 heavy (non-hydrogen) atoms. The first kappa shape index (κ1) is 11.4. The van der Waals surface area contributed by atoms with Crippen LogP contribution in [-0.2, 0) is 9.59 Å². The van der Waals surface area contributed by atoms with E-state index in [-0.39, 0.29) is 5.91 Å². The second-order valence-electron chi connectivity index (χ2n) is 4.86. The molecule has 5 nitrogen and oxygen atoms in total. The number of nitrogens with two attached hydrogens (primary N) is 1. The Bertz CT molecular complexity index is 310. The van der Waals surface area contributed by atoms with E-state index in [4.69, 9.17) is 10.8 Å². The SMILES string of the molecule is NC1(C(=O)N2CCC[C@@H]2C(=O)O)CCCC1. The predicted molar refractivity (Wildman–Crippen MR) is 57.8 cm³/mol. The monoisotopic (exact) mass is 226 g/mol. The Hall–Kier alpha value is -1.10. The van der Waals surface area contributed by atoms with Gasteiger partial charge in [-0.25, -0.2) is 4.79 Å². The van der Waals surface area contributed by atoms with E-state index in [0.29, 0.717) is 25.8 Å². The maximum atomic E-state index is 12.2. The molecule has 0 aromatic rings. The molecule has 2 fully saturated rings. The number of hydrogen-bond donors (Lipinski definition) is 2. The summed E-state index contributed by atoms with van der Waals surface area (Å²) in [5, 5.41) is 9.02. The van der Waals surface area contributed by atoms with Crippen molar-refractivity contribution in [3.63, 3.8) is 0 Å². The van der Waals surface area contributed by atoms with Crippen molar-refractivity contribution < 1.29 is 14.7 Å². The van der Waals surface area contributed by atoms with Gasteiger partial charge in [-0.05, 0) is 25.7 Å². The average Bonchev–Trinajstić information content (AvgIpc) is 2.85. The minimum atomic E-state index is -0.910. The second-order valence-corrected chi connectivity index (χ2v) is 4.86. The topological polar surface area (TPSA) is 83.6 Å². The Kier molecular flexibility index (Phi) is 2.88. The molecule has 1 aliphatic carbocycles. The minimum absolute atomic E-state index is 0.157. The number of carbonyl (C=O) groups is 2. The molecule has 0 aromatic heterocycles. The van der Waals surface area contributed by atoms with Crippen molar-refractivity contribution in [3.8, 4) is 0 Å². The van der Waals surface area contributed by atoms with Gasteiger partial charge in [0.2, 0.25) is 5.91 Å². The summed E-state index contributed by atoms with van der Waals surface area (Å²) < 4.78 is 0. The zero-order chi connectivity index (χ0) is 11.8. The van der Waals surface area contributed by atoms with Gasteiger partial charge < -0.3 is 15.7 Å². The highest BCUT2D eigenvalue weighted by Gasteiger charge is 2.44. The lowest BCUT2D eigenvalue weighted by molar-refractivity contribution is -0.150. The Morgan fingerprint density at radius 3 is 2.44 bits per heavy atom. The number of aliphatic carboxylic acids is 1. The molecule has 1 atom stereocenters. The number of rotatable bonds is 2. The van der Waals surface area contributed by atoms with Gasteiger partial charge in [-0.1, -0.05) is 12.8 Å². The molecular formula is C11H18N2O3. The van der Waals surface area contributed by atoms with Crippen LogP contribution in [0.3, 0.4) is 0 Å². The lowest BCUT2D eigenvalue weighted by Gasteiger charge is -2.31. The fourth-order valence-corrected chi connectivity index (χ4v) is 2.77. The van der Waals surface area contributed by atoms with E-state index < -0.39 is 17.6 Å². The van der Waals surface area contributed by atoms with Crippen LogP contribution in [0.5, 0.6) is 0 Å². The molecule has 1 saturated heterocycles. The Labute approximate surface area is 94.6 Å². The molecule has 1 amide bonds. The van der Waals surface area contributed by atoms with Crippen LogP contribution in [0.4, 0.5) is 0 Å². The maximum absolute atomic E-state index is 12.2. The molecule has 0 spiro atoms. The lowest BCUT2D eigenvalue weighted by Crippen LogP contribution is -2.56. The summed E-state index contributed by atoms with van der Waals surface area (Å²) in [6, 6.07) is -0.659. The number of likely N-dealkylation sites (tertiary alicyclic amines) is 1. The van der Waals surface area contributed by atoms with Crippen molar-refractivity contribution in [1.29, 1.82) is 0 Å². The molecule has 3 N–H and O–H groups in total. The van der Waals surface area contributed by atoms with Gasteiger partial charge in [0.1, 0.15) is 6.04 Å². The van der Waals surface area contributed by atoms with Crippen molar-refractivity contribution in [1.82, 2.24) is 4.90 Å². The third kappa shape index (κ3) is 1.80. The third-order valence-corrected chi connectivity index (χ3v) is 3.72. The van der Waals surface area contributed by atoms with Crippen LogP contribution in [0.2, 0.25) is 0 Å². The van der Waals surface area contributed by atoms with Gasteiger partial charge in [-0.15, -0.1) is 0 Å². The number of carboxylic acid groups (broad SMARTS) is 1. The first-order chi connectivity index (χ1) is 7.54. The molecule has 5 heteroatoms. The number of hydrogen-bond acceptors (Lipinski definition) is 3. The summed E-state index contributed by atoms with van der Waals surface area (Å²) in [6.45, 7) is 0.536. The van der Waals surface area contributed by atoms with E-state index in [2.05, 4.69) is 0 Å². The van der Waals surface area contributed by atoms with E-state index in [9.17, 15) is 9.59 Å². The van der Waals surface area contributed by atoms with Crippen LogP contribution in [0.1, 0.15) is 38.5 Å². The van der Waals surface area contributed by atoms with Gasteiger partial charge in [0, 0.05) is 6.54 Å². The standard InChI is InChI=1S/C11H18N2O3/c12-11(5-1-2-6-11)10(16)13-7-3-4-8(13)9(14)15/h8H,1-7,12H2,(H,14,15)/t8-/m1/s1. The van der Waals surface area contributed by atoms with Crippen LogP contribution >= 0.6 is 0 Å². The van der Waals surface area contributed by atoms with E-state index in [0.717, 1.165) is 19.3 Å². The van der Waals surface area contributed by atoms with Crippen LogP contribution < -0.4 is 5.73 Å². The lowest BCUT2D eigenvalue weighted by atomic mass is 9.97. The largest absolute Gasteiger partial charge is 0.480 e.